The van der Waals surface area contributed by atoms with Gasteiger partial charge in [0.1, 0.15) is 0 Å². The van der Waals surface area contributed by atoms with Gasteiger partial charge in [0.25, 0.3) is 0 Å². The molecule has 0 aliphatic heterocycles. The largest absolute Gasteiger partial charge is 0.481 e. The molecule has 0 aliphatic carbocycles. The first-order valence-electron chi connectivity index (χ1n) is 2.97. The van der Waals surface area contributed by atoms with Crippen LogP contribution in [0.25, 0.3) is 0 Å². The topological polar surface area (TPSA) is 37.3 Å². The van der Waals surface area contributed by atoms with Crippen LogP contribution in [0, 0.1) is 0 Å². The lowest BCUT2D eigenvalue weighted by Gasteiger charge is -2.20. The van der Waals surface area contributed by atoms with Crippen molar-refractivity contribution in [1.82, 2.24) is 0 Å². The van der Waals surface area contributed by atoms with Crippen molar-refractivity contribution in [2.75, 3.05) is 6.16 Å². The van der Waals surface area contributed by atoms with Gasteiger partial charge in [-0.25, -0.2) is 0 Å². The highest BCUT2D eigenvalue weighted by atomic mass is 31.1. The van der Waals surface area contributed by atoms with Gasteiger partial charge < -0.3 is 5.11 Å². The molecule has 0 aliphatic rings. The van der Waals surface area contributed by atoms with Crippen molar-refractivity contribution in [1.29, 1.82) is 0 Å². The number of carboxylic acid groups (broad SMARTS) is 1. The monoisotopic (exact) mass is 198 g/mol. The fraction of sp³-hybridized carbons (Fsp3) is 0.800. The maximum Gasteiger partial charge on any atom is 0.303 e. The van der Waals surface area contributed by atoms with E-state index in [9.17, 15) is 4.79 Å². The minimum absolute atomic E-state index is 0.0109. The number of carboxylic acids is 1. The molecular weight excluding hydrogens is 185 g/mol. The third-order valence-electron chi connectivity index (χ3n) is 1.18. The van der Waals surface area contributed by atoms with Crippen molar-refractivity contribution in [3.63, 3.8) is 0 Å². The summed E-state index contributed by atoms with van der Waals surface area (Å²) in [5, 5.41) is 8.35. The summed E-state index contributed by atoms with van der Waals surface area (Å²) in [4.78, 5) is 10.1. The summed E-state index contributed by atoms with van der Waals surface area (Å²) in [7, 11) is 7.87. The minimum atomic E-state index is -0.729. The van der Waals surface area contributed by atoms with Gasteiger partial charge in [-0.2, -0.15) is 0 Å². The van der Waals surface area contributed by atoms with Gasteiger partial charge in [0.15, 0.2) is 0 Å². The molecule has 0 rings (SSSR count). The predicted molar refractivity (Wildman–Crippen MR) is 53.6 cm³/mol. The molecule has 0 spiro atoms. The molecule has 1 N–H and O–H groups in total. The highest BCUT2D eigenvalue weighted by Gasteiger charge is 2.16. The van der Waals surface area contributed by atoms with Gasteiger partial charge in [-0.05, 0) is 12.6 Å². The molecule has 0 amide bonds. The molecule has 0 radical (unpaired) electrons. The van der Waals surface area contributed by atoms with Crippen LogP contribution < -0.4 is 0 Å². The third kappa shape index (κ3) is 5.54. The predicted octanol–water partition coefficient (Wildman–Crippen LogP) is 1.17. The average molecular weight is 198 g/mol. The molecule has 0 bridgehead atoms. The first-order valence-corrected chi connectivity index (χ1v) is 4.95. The van der Waals surface area contributed by atoms with Gasteiger partial charge >= 0.3 is 5.97 Å². The zero-order valence-corrected chi connectivity index (χ0v) is 9.17. The Labute approximate surface area is 68.1 Å². The molecule has 0 saturated carbocycles. The number of rotatable bonds is 4. The molecule has 0 aromatic carbocycles. The first kappa shape index (κ1) is 10.8. The molecule has 0 fully saturated rings. The van der Waals surface area contributed by atoms with Crippen molar-refractivity contribution in [3.8, 4) is 0 Å². The Morgan fingerprint density at radius 3 is 2.30 bits per heavy atom. The highest BCUT2D eigenvalue weighted by molar-refractivity contribution is 7.41. The second-order valence-electron chi connectivity index (χ2n) is 2.33. The van der Waals surface area contributed by atoms with Gasteiger partial charge in [-0.15, -0.1) is 27.7 Å². The lowest BCUT2D eigenvalue weighted by atomic mass is 10.2. The number of hydrogen-bond acceptors (Lipinski definition) is 1. The van der Waals surface area contributed by atoms with Crippen molar-refractivity contribution in [3.05, 3.63) is 0 Å². The molecule has 60 valence electrons. The Bertz CT molecular complexity index is 124. The molecule has 5 heteroatoms. The van der Waals surface area contributed by atoms with Crippen LogP contribution in [0.15, 0.2) is 0 Å². The second-order valence-corrected chi connectivity index (χ2v) is 5.71. The van der Waals surface area contributed by atoms with Crippen molar-refractivity contribution in [2.45, 2.75) is 17.7 Å². The summed E-state index contributed by atoms with van der Waals surface area (Å²) in [6.45, 7) is 0. The summed E-state index contributed by atoms with van der Waals surface area (Å²) >= 11 is 0. The maximum atomic E-state index is 10.1. The summed E-state index contributed by atoms with van der Waals surface area (Å²) < 4.78 is 0. The molecule has 3 unspecified atom stereocenters. The first-order chi connectivity index (χ1) is 4.48. The van der Waals surface area contributed by atoms with E-state index in [1.807, 2.05) is 0 Å². The van der Waals surface area contributed by atoms with Gasteiger partial charge in [0.05, 0.1) is 0 Å². The lowest BCUT2D eigenvalue weighted by Crippen LogP contribution is -2.14. The lowest BCUT2D eigenvalue weighted by molar-refractivity contribution is -0.137. The third-order valence-corrected chi connectivity index (χ3v) is 3.94. The van der Waals surface area contributed by atoms with E-state index in [2.05, 4.69) is 27.7 Å². The Morgan fingerprint density at radius 2 is 2.00 bits per heavy atom. The van der Waals surface area contributed by atoms with E-state index in [0.717, 1.165) is 6.16 Å². The average Bonchev–Trinajstić information content (AvgIpc) is 1.85. The Kier molecular flexibility index (Phi) is 4.95. The van der Waals surface area contributed by atoms with E-state index in [1.165, 1.54) is 0 Å². The Morgan fingerprint density at radius 1 is 1.50 bits per heavy atom. The van der Waals surface area contributed by atoms with Crippen LogP contribution in [0.5, 0.6) is 0 Å². The van der Waals surface area contributed by atoms with Gasteiger partial charge in [0, 0.05) is 11.3 Å². The van der Waals surface area contributed by atoms with Crippen molar-refractivity contribution < 1.29 is 9.90 Å². The van der Waals surface area contributed by atoms with Gasteiger partial charge in [-0.1, -0.05) is 0 Å². The normalized spacial score (nSPS) is 11.5. The van der Waals surface area contributed by atoms with E-state index >= 15 is 0 Å². The zero-order valence-electron chi connectivity index (χ0n) is 5.71. The van der Waals surface area contributed by atoms with Crippen LogP contribution in [0.2, 0.25) is 0 Å². The van der Waals surface area contributed by atoms with Crippen LogP contribution >= 0.6 is 27.7 Å². The van der Waals surface area contributed by atoms with Crippen LogP contribution in [0.4, 0.5) is 0 Å². The molecule has 3 atom stereocenters. The Balaban J connectivity index is 3.56. The second kappa shape index (κ2) is 4.60. The van der Waals surface area contributed by atoms with Crippen LogP contribution in [0.3, 0.4) is 0 Å². The molecule has 0 aromatic heterocycles. The molecule has 2 nitrogen and oxygen atoms in total. The van der Waals surface area contributed by atoms with E-state index in [0.29, 0.717) is 6.42 Å². The summed E-state index contributed by atoms with van der Waals surface area (Å²) in [6.07, 6.45) is 1.80. The number of aliphatic carboxylic acids is 1. The SMILES string of the molecule is O=C(O)CCC(P)(P)CP. The fourth-order valence-corrected chi connectivity index (χ4v) is 0.935. The molecule has 0 heterocycles. The number of carbonyl (C=O) groups is 1. The van der Waals surface area contributed by atoms with E-state index in [1.54, 1.807) is 0 Å². The van der Waals surface area contributed by atoms with Crippen LogP contribution in [0.1, 0.15) is 12.8 Å². The Hall–Kier alpha value is 0.760. The summed E-state index contributed by atoms with van der Waals surface area (Å²) in [6, 6.07) is 0. The van der Waals surface area contributed by atoms with Gasteiger partial charge in [-0.3, -0.25) is 4.79 Å². The number of hydrogen-bond donors (Lipinski definition) is 1. The molecule has 10 heavy (non-hydrogen) atoms. The van der Waals surface area contributed by atoms with E-state index in [-0.39, 0.29) is 11.3 Å². The molecule has 0 aromatic rings. The van der Waals surface area contributed by atoms with Gasteiger partial charge in [0.2, 0.25) is 0 Å². The maximum absolute atomic E-state index is 10.1. The fourth-order valence-electron chi connectivity index (χ4n) is 0.442. The summed E-state index contributed by atoms with van der Waals surface area (Å²) in [5.41, 5.74) is 0. The van der Waals surface area contributed by atoms with E-state index in [4.69, 9.17) is 5.11 Å². The highest BCUT2D eigenvalue weighted by Crippen LogP contribution is 2.33. The zero-order chi connectivity index (χ0) is 8.20. The summed E-state index contributed by atoms with van der Waals surface area (Å²) in [5.74, 6) is -0.729. The molecule has 0 saturated heterocycles. The minimum Gasteiger partial charge on any atom is -0.481 e. The molecular formula is C5H13O2P3. The van der Waals surface area contributed by atoms with E-state index < -0.39 is 5.97 Å². The van der Waals surface area contributed by atoms with Crippen LogP contribution in [-0.4, -0.2) is 22.1 Å². The van der Waals surface area contributed by atoms with Crippen molar-refractivity contribution in [2.24, 2.45) is 0 Å². The smallest absolute Gasteiger partial charge is 0.303 e. The standard InChI is InChI=1S/C5H13O2P3/c6-4(7)1-2-5(9,10)3-8/h1-3,8-10H2,(H,6,7). The van der Waals surface area contributed by atoms with Crippen molar-refractivity contribution >= 4 is 33.7 Å². The van der Waals surface area contributed by atoms with Crippen LogP contribution in [-0.2, 0) is 4.79 Å². The quantitative estimate of drug-likeness (QED) is 0.688.